The second kappa shape index (κ2) is 10.5. The zero-order valence-corrected chi connectivity index (χ0v) is 19.9. The van der Waals surface area contributed by atoms with Gasteiger partial charge in [-0.25, -0.2) is 0 Å². The maximum atomic E-state index is 12.6. The van der Waals surface area contributed by atoms with Gasteiger partial charge in [-0.15, -0.1) is 10.2 Å². The Kier molecular flexibility index (Phi) is 7.29. The normalized spacial score (nSPS) is 12.0. The molecule has 6 nitrogen and oxygen atoms in total. The standard InChI is InChI=1S/C26H28N4O2S/c1-4-19-13-15-21(16-14-19)32-18(3)25-28-29-26(30(25)5-2)33-17-24(31)27-23-12-8-10-20-9-6-7-11-22(20)23/h6-16,18H,4-5,17H2,1-3H3,(H,27,31)/t18-/m0/s1. The van der Waals surface area contributed by atoms with Gasteiger partial charge in [0.25, 0.3) is 0 Å². The largest absolute Gasteiger partial charge is 0.483 e. The van der Waals surface area contributed by atoms with Gasteiger partial charge < -0.3 is 14.6 Å². The lowest BCUT2D eigenvalue weighted by Gasteiger charge is -2.16. The molecule has 0 saturated heterocycles. The van der Waals surface area contributed by atoms with E-state index < -0.39 is 0 Å². The molecule has 4 aromatic rings. The topological polar surface area (TPSA) is 69.0 Å². The first-order valence-electron chi connectivity index (χ1n) is 11.2. The van der Waals surface area contributed by atoms with Gasteiger partial charge in [0.05, 0.1) is 5.75 Å². The molecule has 3 aromatic carbocycles. The van der Waals surface area contributed by atoms with E-state index in [9.17, 15) is 4.79 Å². The minimum absolute atomic E-state index is 0.0798. The molecule has 0 aliphatic carbocycles. The highest BCUT2D eigenvalue weighted by atomic mass is 32.2. The van der Waals surface area contributed by atoms with Gasteiger partial charge in [-0.05, 0) is 49.4 Å². The number of hydrogen-bond acceptors (Lipinski definition) is 5. The summed E-state index contributed by atoms with van der Waals surface area (Å²) in [5.41, 5.74) is 2.08. The van der Waals surface area contributed by atoms with Crippen molar-refractivity contribution in [2.45, 2.75) is 45.0 Å². The average Bonchev–Trinajstić information content (AvgIpc) is 3.26. The number of hydrogen-bond donors (Lipinski definition) is 1. The summed E-state index contributed by atoms with van der Waals surface area (Å²) in [6.45, 7) is 6.82. The van der Waals surface area contributed by atoms with Crippen LogP contribution in [0.3, 0.4) is 0 Å². The van der Waals surface area contributed by atoms with Gasteiger partial charge in [0.15, 0.2) is 17.1 Å². The molecular formula is C26H28N4O2S. The van der Waals surface area contributed by atoms with Crippen molar-refractivity contribution in [1.82, 2.24) is 14.8 Å². The van der Waals surface area contributed by atoms with Gasteiger partial charge in [-0.3, -0.25) is 4.79 Å². The third-order valence-electron chi connectivity index (χ3n) is 5.47. The Bertz CT molecular complexity index is 1230. The Hall–Kier alpha value is -3.32. The van der Waals surface area contributed by atoms with Crippen LogP contribution in [-0.2, 0) is 17.8 Å². The first kappa shape index (κ1) is 22.9. The molecule has 170 valence electrons. The van der Waals surface area contributed by atoms with Crippen LogP contribution in [0.5, 0.6) is 5.75 Å². The van der Waals surface area contributed by atoms with Crippen molar-refractivity contribution in [3.63, 3.8) is 0 Å². The molecule has 0 aliphatic rings. The van der Waals surface area contributed by atoms with E-state index in [1.165, 1.54) is 17.3 Å². The number of benzene rings is 3. The Morgan fingerprint density at radius 3 is 2.55 bits per heavy atom. The van der Waals surface area contributed by atoms with Crippen molar-refractivity contribution in [3.8, 4) is 5.75 Å². The number of nitrogens with zero attached hydrogens (tertiary/aromatic N) is 3. The van der Waals surface area contributed by atoms with Crippen LogP contribution in [0.15, 0.2) is 71.9 Å². The zero-order valence-electron chi connectivity index (χ0n) is 19.1. The van der Waals surface area contributed by atoms with E-state index in [1.54, 1.807) is 0 Å². The fourth-order valence-corrected chi connectivity index (χ4v) is 4.53. The molecule has 0 saturated carbocycles. The minimum atomic E-state index is -0.260. The fraction of sp³-hybridized carbons (Fsp3) is 0.269. The molecular weight excluding hydrogens is 432 g/mol. The highest BCUT2D eigenvalue weighted by molar-refractivity contribution is 7.99. The summed E-state index contributed by atoms with van der Waals surface area (Å²) >= 11 is 1.38. The first-order valence-corrected chi connectivity index (χ1v) is 12.2. The van der Waals surface area contributed by atoms with Crippen LogP contribution in [0.25, 0.3) is 10.8 Å². The quantitative estimate of drug-likeness (QED) is 0.316. The van der Waals surface area contributed by atoms with Crippen LogP contribution < -0.4 is 10.1 Å². The average molecular weight is 461 g/mol. The predicted octanol–water partition coefficient (Wildman–Crippen LogP) is 5.88. The molecule has 0 unspecified atom stereocenters. The van der Waals surface area contributed by atoms with E-state index in [1.807, 2.05) is 73.0 Å². The van der Waals surface area contributed by atoms with Crippen molar-refractivity contribution in [3.05, 3.63) is 78.1 Å². The summed E-state index contributed by atoms with van der Waals surface area (Å²) < 4.78 is 8.09. The summed E-state index contributed by atoms with van der Waals surface area (Å²) in [7, 11) is 0. The summed E-state index contributed by atoms with van der Waals surface area (Å²) in [6, 6.07) is 22.0. The molecule has 1 amide bonds. The second-order valence-corrected chi connectivity index (χ2v) is 8.65. The number of amides is 1. The number of fused-ring (bicyclic) bond motifs is 1. The molecule has 0 fully saturated rings. The molecule has 0 aliphatic heterocycles. The molecule has 0 spiro atoms. The molecule has 0 radical (unpaired) electrons. The number of aryl methyl sites for hydroxylation is 1. The molecule has 1 heterocycles. The number of rotatable bonds is 9. The second-order valence-electron chi connectivity index (χ2n) is 7.71. The third kappa shape index (κ3) is 5.37. The first-order chi connectivity index (χ1) is 16.1. The Labute approximate surface area is 198 Å². The van der Waals surface area contributed by atoms with Gasteiger partial charge >= 0.3 is 0 Å². The summed E-state index contributed by atoms with van der Waals surface area (Å²) in [6.07, 6.45) is 0.734. The van der Waals surface area contributed by atoms with Crippen LogP contribution in [-0.4, -0.2) is 26.4 Å². The SMILES string of the molecule is CCc1ccc(O[C@@H](C)c2nnc(SCC(=O)Nc3cccc4ccccc34)n2CC)cc1. The van der Waals surface area contributed by atoms with Crippen LogP contribution in [0.4, 0.5) is 5.69 Å². The Morgan fingerprint density at radius 1 is 1.03 bits per heavy atom. The van der Waals surface area contributed by atoms with Crippen molar-refractivity contribution in [1.29, 1.82) is 0 Å². The minimum Gasteiger partial charge on any atom is -0.483 e. The van der Waals surface area contributed by atoms with Gasteiger partial charge in [-0.1, -0.05) is 67.2 Å². The van der Waals surface area contributed by atoms with E-state index in [2.05, 4.69) is 34.6 Å². The number of ether oxygens (including phenoxy) is 1. The maximum absolute atomic E-state index is 12.6. The van der Waals surface area contributed by atoms with Crippen LogP contribution in [0.2, 0.25) is 0 Å². The van der Waals surface area contributed by atoms with Crippen molar-refractivity contribution in [2.75, 3.05) is 11.1 Å². The highest BCUT2D eigenvalue weighted by Gasteiger charge is 2.19. The van der Waals surface area contributed by atoms with Gasteiger partial charge in [0, 0.05) is 17.6 Å². The van der Waals surface area contributed by atoms with Gasteiger partial charge in [0.1, 0.15) is 5.75 Å². The van der Waals surface area contributed by atoms with Gasteiger partial charge in [-0.2, -0.15) is 0 Å². The molecule has 33 heavy (non-hydrogen) atoms. The predicted molar refractivity (Wildman–Crippen MR) is 134 cm³/mol. The van der Waals surface area contributed by atoms with E-state index in [0.29, 0.717) is 11.7 Å². The summed E-state index contributed by atoms with van der Waals surface area (Å²) in [4.78, 5) is 12.6. The number of anilines is 1. The van der Waals surface area contributed by atoms with Gasteiger partial charge in [0.2, 0.25) is 5.91 Å². The molecule has 7 heteroatoms. The Balaban J connectivity index is 1.40. The maximum Gasteiger partial charge on any atom is 0.234 e. The number of aromatic nitrogens is 3. The van der Waals surface area contributed by atoms with Crippen LogP contribution in [0, 0.1) is 0 Å². The molecule has 1 aromatic heterocycles. The van der Waals surface area contributed by atoms with E-state index >= 15 is 0 Å². The van der Waals surface area contributed by atoms with E-state index in [0.717, 1.165) is 34.5 Å². The third-order valence-corrected chi connectivity index (χ3v) is 6.43. The smallest absolute Gasteiger partial charge is 0.234 e. The number of carbonyl (C=O) groups is 1. The highest BCUT2D eigenvalue weighted by Crippen LogP contribution is 2.26. The lowest BCUT2D eigenvalue weighted by atomic mass is 10.1. The number of nitrogens with one attached hydrogen (secondary N) is 1. The van der Waals surface area contributed by atoms with E-state index in [4.69, 9.17) is 4.74 Å². The molecule has 1 atom stereocenters. The monoisotopic (exact) mass is 460 g/mol. The lowest BCUT2D eigenvalue weighted by molar-refractivity contribution is -0.113. The Morgan fingerprint density at radius 2 is 1.79 bits per heavy atom. The summed E-state index contributed by atoms with van der Waals surface area (Å²) in [5.74, 6) is 1.71. The van der Waals surface area contributed by atoms with Crippen molar-refractivity contribution < 1.29 is 9.53 Å². The van der Waals surface area contributed by atoms with Crippen molar-refractivity contribution in [2.24, 2.45) is 0 Å². The molecule has 1 N–H and O–H groups in total. The van der Waals surface area contributed by atoms with Crippen molar-refractivity contribution >= 4 is 34.1 Å². The fourth-order valence-electron chi connectivity index (χ4n) is 3.72. The van der Waals surface area contributed by atoms with E-state index in [-0.39, 0.29) is 17.8 Å². The van der Waals surface area contributed by atoms with Crippen LogP contribution >= 0.6 is 11.8 Å². The number of carbonyl (C=O) groups excluding carboxylic acids is 1. The van der Waals surface area contributed by atoms with Crippen LogP contribution in [0.1, 0.15) is 38.3 Å². The molecule has 0 bridgehead atoms. The molecule has 4 rings (SSSR count). The number of thioether (sulfide) groups is 1. The summed E-state index contributed by atoms with van der Waals surface area (Å²) in [5, 5.41) is 14.5. The zero-order chi connectivity index (χ0) is 23.2. The lowest BCUT2D eigenvalue weighted by Crippen LogP contribution is -2.15.